The van der Waals surface area contributed by atoms with Crippen LogP contribution < -0.4 is 16.9 Å². The number of H-pyrrole nitrogens is 1. The maximum atomic E-state index is 14.5. The lowest BCUT2D eigenvalue weighted by Gasteiger charge is -2.10. The third-order valence-corrected chi connectivity index (χ3v) is 5.46. The van der Waals surface area contributed by atoms with E-state index in [1.807, 2.05) is 6.92 Å². The van der Waals surface area contributed by atoms with E-state index >= 15 is 0 Å². The van der Waals surface area contributed by atoms with Crippen molar-refractivity contribution in [1.82, 2.24) is 24.7 Å². The second-order valence-corrected chi connectivity index (χ2v) is 8.23. The first-order chi connectivity index (χ1) is 18.3. The molecule has 15 heteroatoms. The number of nitrogens with zero attached hydrogens (tertiary/aromatic N) is 4. The van der Waals surface area contributed by atoms with Crippen molar-refractivity contribution in [3.8, 4) is 11.4 Å². The Morgan fingerprint density at radius 3 is 2.21 bits per heavy atom. The largest absolute Gasteiger partial charge is 0.423 e. The predicted octanol–water partition coefficient (Wildman–Crippen LogP) is 5.24. The standard InChI is InChI=1S/C19H17F4N3O.C5H4F3N3O/c1-2-3-4-5-26-10-16(21)12-6-14(15(20)7-13(12)19(26)27)18-24-8-11(9-25-18)17(22)23;6-5(7,8)3-2(9)1-10-11-4(3)12/h6-10,17H,2-5H2,1H3;1H,(H3,9,11,12). The van der Waals surface area contributed by atoms with Crippen molar-refractivity contribution in [2.75, 3.05) is 5.73 Å². The molecule has 4 aromatic rings. The van der Waals surface area contributed by atoms with Crippen LogP contribution in [0, 0.1) is 11.6 Å². The number of nitrogens with two attached hydrogens (primary N) is 1. The molecule has 0 unspecified atom stereocenters. The Morgan fingerprint density at radius 1 is 1.00 bits per heavy atom. The zero-order valence-corrected chi connectivity index (χ0v) is 20.2. The molecule has 1 aromatic carbocycles. The summed E-state index contributed by atoms with van der Waals surface area (Å²) in [7, 11) is 0. The van der Waals surface area contributed by atoms with Crippen molar-refractivity contribution >= 4 is 16.5 Å². The van der Waals surface area contributed by atoms with Gasteiger partial charge in [0.15, 0.2) is 5.82 Å². The number of hydrogen-bond acceptors (Lipinski definition) is 6. The molecular formula is C24H21F7N6O2. The smallest absolute Gasteiger partial charge is 0.397 e. The van der Waals surface area contributed by atoms with Gasteiger partial charge in [0.05, 0.1) is 28.4 Å². The fraction of sp³-hybridized carbons (Fsp3) is 0.292. The SMILES string of the molecule is CCCCCn1cc(F)c2cc(-c3ncc(C(F)F)cn3)c(F)cc2c1=O.Nc1cn[nH]c(=O)c1C(F)(F)F. The number of benzene rings is 1. The van der Waals surface area contributed by atoms with Crippen molar-refractivity contribution in [3.05, 3.63) is 80.4 Å². The van der Waals surface area contributed by atoms with Crippen LogP contribution in [0.3, 0.4) is 0 Å². The van der Waals surface area contributed by atoms with E-state index < -0.39 is 52.2 Å². The van der Waals surface area contributed by atoms with Gasteiger partial charge in [-0.05, 0) is 18.6 Å². The van der Waals surface area contributed by atoms with Gasteiger partial charge >= 0.3 is 6.18 Å². The average Bonchev–Trinajstić information content (AvgIpc) is 2.86. The minimum absolute atomic E-state index is 0.0651. The molecule has 0 spiro atoms. The number of anilines is 1. The number of aromatic amines is 1. The second-order valence-electron chi connectivity index (χ2n) is 8.23. The monoisotopic (exact) mass is 558 g/mol. The molecule has 0 bridgehead atoms. The highest BCUT2D eigenvalue weighted by Crippen LogP contribution is 2.29. The van der Waals surface area contributed by atoms with Crippen molar-refractivity contribution in [2.24, 2.45) is 0 Å². The Hall–Kier alpha value is -4.30. The highest BCUT2D eigenvalue weighted by atomic mass is 19.4. The summed E-state index contributed by atoms with van der Waals surface area (Å²) in [6.45, 7) is 2.36. The minimum Gasteiger partial charge on any atom is -0.397 e. The molecule has 0 aliphatic carbocycles. The van der Waals surface area contributed by atoms with E-state index in [9.17, 15) is 40.3 Å². The molecule has 4 rings (SSSR count). The Bertz CT molecular complexity index is 1570. The summed E-state index contributed by atoms with van der Waals surface area (Å²) >= 11 is 0. The minimum atomic E-state index is -4.74. The molecular weight excluding hydrogens is 537 g/mol. The van der Waals surface area contributed by atoms with Gasteiger partial charge in [0.2, 0.25) is 0 Å². The van der Waals surface area contributed by atoms with Gasteiger partial charge in [0.25, 0.3) is 17.5 Å². The summed E-state index contributed by atoms with van der Waals surface area (Å²) in [5.74, 6) is -1.66. The molecule has 3 N–H and O–H groups in total. The summed E-state index contributed by atoms with van der Waals surface area (Å²) in [5, 5.41) is 4.59. The lowest BCUT2D eigenvalue weighted by Crippen LogP contribution is -2.24. The summed E-state index contributed by atoms with van der Waals surface area (Å²) < 4.78 is 91.4. The summed E-state index contributed by atoms with van der Waals surface area (Å²) in [5.41, 5.74) is 0.446. The van der Waals surface area contributed by atoms with Crippen LogP contribution in [0.25, 0.3) is 22.2 Å². The lowest BCUT2D eigenvalue weighted by atomic mass is 10.1. The average molecular weight is 558 g/mol. The maximum Gasteiger partial charge on any atom is 0.423 e. The third-order valence-electron chi connectivity index (χ3n) is 5.46. The van der Waals surface area contributed by atoms with Gasteiger partial charge in [0.1, 0.15) is 17.2 Å². The fourth-order valence-corrected chi connectivity index (χ4v) is 3.53. The fourth-order valence-electron chi connectivity index (χ4n) is 3.53. The number of nitrogens with one attached hydrogen (secondary N) is 1. The zero-order chi connectivity index (χ0) is 28.9. The van der Waals surface area contributed by atoms with E-state index in [1.165, 1.54) is 4.57 Å². The Kier molecular flexibility index (Phi) is 9.04. The third kappa shape index (κ3) is 6.78. The quantitative estimate of drug-likeness (QED) is 0.247. The summed E-state index contributed by atoms with van der Waals surface area (Å²) in [6, 6.07) is 2.08. The van der Waals surface area contributed by atoms with Gasteiger partial charge in [-0.15, -0.1) is 0 Å². The van der Waals surface area contributed by atoms with E-state index in [4.69, 9.17) is 5.73 Å². The second kappa shape index (κ2) is 12.0. The molecule has 208 valence electrons. The van der Waals surface area contributed by atoms with Crippen LogP contribution in [0.15, 0.2) is 46.5 Å². The topological polar surface area (TPSA) is 120 Å². The van der Waals surface area contributed by atoms with Crippen LogP contribution in [0.4, 0.5) is 36.4 Å². The van der Waals surface area contributed by atoms with Crippen LogP contribution >= 0.6 is 0 Å². The molecule has 0 aliphatic rings. The molecule has 0 fully saturated rings. The molecule has 0 saturated carbocycles. The van der Waals surface area contributed by atoms with Crippen LogP contribution in [-0.4, -0.2) is 24.7 Å². The van der Waals surface area contributed by atoms with Crippen LogP contribution in [0.2, 0.25) is 0 Å². The molecule has 0 amide bonds. The molecule has 39 heavy (non-hydrogen) atoms. The van der Waals surface area contributed by atoms with Gasteiger partial charge in [-0.25, -0.2) is 32.6 Å². The number of aromatic nitrogens is 5. The normalized spacial score (nSPS) is 11.5. The van der Waals surface area contributed by atoms with Crippen LogP contribution in [0.5, 0.6) is 0 Å². The highest BCUT2D eigenvalue weighted by Gasteiger charge is 2.36. The van der Waals surface area contributed by atoms with E-state index in [1.54, 1.807) is 5.10 Å². The number of rotatable bonds is 6. The highest BCUT2D eigenvalue weighted by molar-refractivity contribution is 5.86. The van der Waals surface area contributed by atoms with Gasteiger partial charge in [-0.2, -0.15) is 18.3 Å². The molecule has 0 saturated heterocycles. The molecule has 3 aromatic heterocycles. The Labute approximate surface area is 215 Å². The predicted molar refractivity (Wildman–Crippen MR) is 128 cm³/mol. The number of halogens is 7. The van der Waals surface area contributed by atoms with Crippen molar-refractivity contribution in [2.45, 2.75) is 45.3 Å². The first-order valence-electron chi connectivity index (χ1n) is 11.4. The summed E-state index contributed by atoms with van der Waals surface area (Å²) in [6.07, 6.45) is -1.31. The number of alkyl halides is 5. The van der Waals surface area contributed by atoms with E-state index in [-0.39, 0.29) is 22.2 Å². The van der Waals surface area contributed by atoms with E-state index in [2.05, 4.69) is 15.1 Å². The zero-order valence-electron chi connectivity index (χ0n) is 20.2. The Morgan fingerprint density at radius 2 is 1.67 bits per heavy atom. The maximum absolute atomic E-state index is 14.5. The van der Waals surface area contributed by atoms with Gasteiger partial charge in [-0.3, -0.25) is 9.59 Å². The first kappa shape index (κ1) is 29.3. The van der Waals surface area contributed by atoms with Gasteiger partial charge < -0.3 is 10.3 Å². The number of hydrogen-bond donors (Lipinski definition) is 2. The Balaban J connectivity index is 0.000000293. The number of pyridine rings is 1. The first-order valence-corrected chi connectivity index (χ1v) is 11.4. The molecule has 0 radical (unpaired) electrons. The lowest BCUT2D eigenvalue weighted by molar-refractivity contribution is -0.138. The van der Waals surface area contributed by atoms with Crippen LogP contribution in [-0.2, 0) is 12.7 Å². The van der Waals surface area contributed by atoms with Gasteiger partial charge in [-0.1, -0.05) is 19.8 Å². The number of aryl methyl sites for hydroxylation is 1. The molecule has 0 atom stereocenters. The van der Waals surface area contributed by atoms with E-state index in [0.717, 1.165) is 49.8 Å². The molecule has 0 aliphatic heterocycles. The van der Waals surface area contributed by atoms with Crippen molar-refractivity contribution in [3.63, 3.8) is 0 Å². The van der Waals surface area contributed by atoms with E-state index in [0.29, 0.717) is 13.0 Å². The molecule has 8 nitrogen and oxygen atoms in total. The van der Waals surface area contributed by atoms with Crippen LogP contribution in [0.1, 0.15) is 43.7 Å². The summed E-state index contributed by atoms with van der Waals surface area (Å²) in [4.78, 5) is 30.5. The number of nitrogen functional groups attached to an aromatic ring is 1. The molecule has 3 heterocycles. The number of unbranched alkanes of at least 4 members (excludes halogenated alkanes) is 2. The van der Waals surface area contributed by atoms with Gasteiger partial charge in [0, 0.05) is 30.5 Å². The number of fused-ring (bicyclic) bond motifs is 1. The van der Waals surface area contributed by atoms with Crippen molar-refractivity contribution in [1.29, 1.82) is 0 Å². The van der Waals surface area contributed by atoms with Crippen molar-refractivity contribution < 1.29 is 30.7 Å².